The zero-order valence-corrected chi connectivity index (χ0v) is 14.2. The van der Waals surface area contributed by atoms with Gasteiger partial charge in [0.15, 0.2) is 0 Å². The standard InChI is InChI=1S/C14H19N3O2S2/c1-9(2)7-13-15-16-14(20-13)17-21(18,19)12-8-10(3)5-6-11(12)4/h5-6,8-9H,7H2,1-4H3,(H,16,17). The van der Waals surface area contributed by atoms with Gasteiger partial charge in [-0.05, 0) is 37.0 Å². The first kappa shape index (κ1) is 15.9. The van der Waals surface area contributed by atoms with Gasteiger partial charge in [0.2, 0.25) is 5.13 Å². The molecule has 1 heterocycles. The molecule has 7 heteroatoms. The third kappa shape index (κ3) is 4.01. The summed E-state index contributed by atoms with van der Waals surface area (Å²) in [5.41, 5.74) is 1.61. The monoisotopic (exact) mass is 325 g/mol. The molecule has 0 aliphatic heterocycles. The number of hydrogen-bond acceptors (Lipinski definition) is 5. The maximum absolute atomic E-state index is 12.4. The van der Waals surface area contributed by atoms with E-state index < -0.39 is 10.0 Å². The third-order valence-electron chi connectivity index (χ3n) is 2.90. The molecule has 5 nitrogen and oxygen atoms in total. The maximum Gasteiger partial charge on any atom is 0.263 e. The Morgan fingerprint density at radius 2 is 1.95 bits per heavy atom. The van der Waals surface area contributed by atoms with Crippen molar-refractivity contribution >= 4 is 26.5 Å². The lowest BCUT2D eigenvalue weighted by Gasteiger charge is -2.08. The van der Waals surface area contributed by atoms with Gasteiger partial charge < -0.3 is 0 Å². The lowest BCUT2D eigenvalue weighted by molar-refractivity contribution is 0.600. The predicted molar refractivity (Wildman–Crippen MR) is 85.2 cm³/mol. The molecule has 0 atom stereocenters. The van der Waals surface area contributed by atoms with Gasteiger partial charge >= 0.3 is 0 Å². The van der Waals surface area contributed by atoms with Gasteiger partial charge in [0.1, 0.15) is 5.01 Å². The van der Waals surface area contributed by atoms with Crippen molar-refractivity contribution in [2.75, 3.05) is 4.72 Å². The number of rotatable bonds is 5. The maximum atomic E-state index is 12.4. The molecule has 0 bridgehead atoms. The van der Waals surface area contributed by atoms with Gasteiger partial charge in [-0.25, -0.2) is 8.42 Å². The van der Waals surface area contributed by atoms with Crippen LogP contribution < -0.4 is 4.72 Å². The van der Waals surface area contributed by atoms with Crippen LogP contribution in [0.25, 0.3) is 0 Å². The van der Waals surface area contributed by atoms with Crippen LogP contribution in [0, 0.1) is 19.8 Å². The molecule has 1 N–H and O–H groups in total. The highest BCUT2D eigenvalue weighted by Crippen LogP contribution is 2.23. The van der Waals surface area contributed by atoms with Gasteiger partial charge in [0.05, 0.1) is 4.90 Å². The Kier molecular flexibility index (Phi) is 4.63. The lowest BCUT2D eigenvalue weighted by Crippen LogP contribution is -2.14. The zero-order valence-electron chi connectivity index (χ0n) is 12.5. The molecule has 0 fully saturated rings. The molecule has 2 rings (SSSR count). The van der Waals surface area contributed by atoms with Crippen molar-refractivity contribution in [2.45, 2.75) is 39.0 Å². The number of benzene rings is 1. The molecule has 0 aliphatic rings. The molecule has 2 aromatic rings. The lowest BCUT2D eigenvalue weighted by atomic mass is 10.1. The average Bonchev–Trinajstić information content (AvgIpc) is 2.77. The molecular formula is C14H19N3O2S2. The number of aromatic nitrogens is 2. The van der Waals surface area contributed by atoms with E-state index in [1.807, 2.05) is 13.0 Å². The number of nitrogens with zero attached hydrogens (tertiary/aromatic N) is 2. The molecule has 1 aromatic heterocycles. The van der Waals surface area contributed by atoms with Gasteiger partial charge in [0.25, 0.3) is 10.0 Å². The molecule has 0 radical (unpaired) electrons. The summed E-state index contributed by atoms with van der Waals surface area (Å²) in [5, 5.41) is 9.07. The van der Waals surface area contributed by atoms with Crippen molar-refractivity contribution in [3.63, 3.8) is 0 Å². The fourth-order valence-electron chi connectivity index (χ4n) is 1.89. The van der Waals surface area contributed by atoms with E-state index >= 15 is 0 Å². The second-order valence-corrected chi connectivity index (χ2v) is 8.19. The number of nitrogens with one attached hydrogen (secondary N) is 1. The highest BCUT2D eigenvalue weighted by Gasteiger charge is 2.19. The second kappa shape index (κ2) is 6.11. The van der Waals surface area contributed by atoms with Crippen molar-refractivity contribution < 1.29 is 8.42 Å². The smallest absolute Gasteiger partial charge is 0.253 e. The van der Waals surface area contributed by atoms with E-state index in [2.05, 4.69) is 28.8 Å². The van der Waals surface area contributed by atoms with Crippen LogP contribution in [0.5, 0.6) is 0 Å². The van der Waals surface area contributed by atoms with Crippen molar-refractivity contribution in [2.24, 2.45) is 5.92 Å². The Bertz CT molecular complexity index is 736. The van der Waals surface area contributed by atoms with E-state index in [0.29, 0.717) is 16.6 Å². The minimum absolute atomic E-state index is 0.281. The summed E-state index contributed by atoms with van der Waals surface area (Å²) in [6, 6.07) is 5.35. The van der Waals surface area contributed by atoms with Crippen LogP contribution in [0.2, 0.25) is 0 Å². The van der Waals surface area contributed by atoms with Crippen molar-refractivity contribution in [1.82, 2.24) is 10.2 Å². The molecule has 0 saturated carbocycles. The molecule has 114 valence electrons. The molecule has 1 aromatic carbocycles. The normalized spacial score (nSPS) is 11.9. The first-order chi connectivity index (χ1) is 9.78. The SMILES string of the molecule is Cc1ccc(C)c(S(=O)(=O)Nc2nnc(CC(C)C)s2)c1. The predicted octanol–water partition coefficient (Wildman–Crippen LogP) is 3.15. The summed E-state index contributed by atoms with van der Waals surface area (Å²) in [4.78, 5) is 0.281. The van der Waals surface area contributed by atoms with Gasteiger partial charge in [0, 0.05) is 6.42 Å². The van der Waals surface area contributed by atoms with Crippen LogP contribution in [0.1, 0.15) is 30.0 Å². The van der Waals surface area contributed by atoms with E-state index in [-0.39, 0.29) is 4.90 Å². The number of aryl methyl sites for hydroxylation is 2. The summed E-state index contributed by atoms with van der Waals surface area (Å²) in [6.45, 7) is 7.81. The Labute approximate surface area is 129 Å². The highest BCUT2D eigenvalue weighted by atomic mass is 32.2. The van der Waals surface area contributed by atoms with E-state index in [1.54, 1.807) is 19.1 Å². The van der Waals surface area contributed by atoms with Crippen LogP contribution in [0.3, 0.4) is 0 Å². The summed E-state index contributed by atoms with van der Waals surface area (Å²) in [7, 11) is -3.62. The van der Waals surface area contributed by atoms with Gasteiger partial charge in [-0.3, -0.25) is 4.72 Å². The zero-order chi connectivity index (χ0) is 15.6. The fourth-order valence-corrected chi connectivity index (χ4v) is 4.41. The largest absolute Gasteiger partial charge is 0.263 e. The summed E-state index contributed by atoms with van der Waals surface area (Å²) >= 11 is 1.28. The number of anilines is 1. The van der Waals surface area contributed by atoms with Crippen LogP contribution in [-0.2, 0) is 16.4 Å². The minimum atomic E-state index is -3.62. The highest BCUT2D eigenvalue weighted by molar-refractivity contribution is 7.93. The van der Waals surface area contributed by atoms with Crippen molar-refractivity contribution in [3.05, 3.63) is 34.3 Å². The Morgan fingerprint density at radius 1 is 1.24 bits per heavy atom. The minimum Gasteiger partial charge on any atom is -0.253 e. The third-order valence-corrected chi connectivity index (χ3v) is 5.38. The second-order valence-electron chi connectivity index (χ2n) is 5.47. The van der Waals surface area contributed by atoms with E-state index in [9.17, 15) is 8.42 Å². The first-order valence-electron chi connectivity index (χ1n) is 6.70. The summed E-state index contributed by atoms with van der Waals surface area (Å²) in [5.74, 6) is 0.460. The molecule has 0 saturated heterocycles. The molecule has 0 unspecified atom stereocenters. The van der Waals surface area contributed by atoms with Crippen molar-refractivity contribution in [1.29, 1.82) is 0 Å². The summed E-state index contributed by atoms with van der Waals surface area (Å²) < 4.78 is 27.4. The van der Waals surface area contributed by atoms with E-state index in [0.717, 1.165) is 17.0 Å². The van der Waals surface area contributed by atoms with E-state index in [1.165, 1.54) is 11.3 Å². The molecular weight excluding hydrogens is 306 g/mol. The number of sulfonamides is 1. The molecule has 21 heavy (non-hydrogen) atoms. The van der Waals surface area contributed by atoms with Crippen LogP contribution in [-0.4, -0.2) is 18.6 Å². The van der Waals surface area contributed by atoms with Gasteiger partial charge in [-0.1, -0.05) is 37.3 Å². The Morgan fingerprint density at radius 3 is 2.62 bits per heavy atom. The quantitative estimate of drug-likeness (QED) is 0.916. The van der Waals surface area contributed by atoms with Crippen molar-refractivity contribution in [3.8, 4) is 0 Å². The van der Waals surface area contributed by atoms with E-state index in [4.69, 9.17) is 0 Å². The molecule has 0 aliphatic carbocycles. The Hall–Kier alpha value is -1.47. The van der Waals surface area contributed by atoms with Crippen LogP contribution in [0.4, 0.5) is 5.13 Å². The number of hydrogen-bond donors (Lipinski definition) is 1. The van der Waals surface area contributed by atoms with Crippen LogP contribution >= 0.6 is 11.3 Å². The molecule has 0 amide bonds. The van der Waals surface area contributed by atoms with Gasteiger partial charge in [-0.15, -0.1) is 10.2 Å². The topological polar surface area (TPSA) is 72.0 Å². The summed E-state index contributed by atoms with van der Waals surface area (Å²) in [6.07, 6.45) is 0.795. The van der Waals surface area contributed by atoms with Crippen LogP contribution in [0.15, 0.2) is 23.1 Å². The fraction of sp³-hybridized carbons (Fsp3) is 0.429. The average molecular weight is 325 g/mol. The Balaban J connectivity index is 2.25. The van der Waals surface area contributed by atoms with Gasteiger partial charge in [-0.2, -0.15) is 0 Å². The molecule has 0 spiro atoms. The first-order valence-corrected chi connectivity index (χ1v) is 9.00.